The van der Waals surface area contributed by atoms with E-state index in [1.165, 1.54) is 6.08 Å². The van der Waals surface area contributed by atoms with Crippen LogP contribution in [-0.4, -0.2) is 62.8 Å². The first kappa shape index (κ1) is 38.4. The molecule has 4 atom stereocenters. The van der Waals surface area contributed by atoms with E-state index in [0.717, 1.165) is 29.3 Å². The van der Waals surface area contributed by atoms with Crippen molar-refractivity contribution in [2.75, 3.05) is 13.7 Å². The number of hydrogen-bond acceptors (Lipinski definition) is 9. The van der Waals surface area contributed by atoms with Crippen molar-refractivity contribution in [1.29, 1.82) is 0 Å². The first-order chi connectivity index (χ1) is 22.4. The highest BCUT2D eigenvalue weighted by Crippen LogP contribution is 2.34. The summed E-state index contributed by atoms with van der Waals surface area (Å²) >= 11 is 0. The highest BCUT2D eigenvalue weighted by atomic mass is 28.4. The molecule has 0 spiro atoms. The second-order valence-electron chi connectivity index (χ2n) is 13.1. The summed E-state index contributed by atoms with van der Waals surface area (Å²) in [7, 11) is -0.438. The minimum Gasteiger partial charge on any atom is -0.512 e. The van der Waals surface area contributed by atoms with Crippen molar-refractivity contribution in [3.05, 3.63) is 77.6 Å². The molecule has 1 saturated heterocycles. The van der Waals surface area contributed by atoms with E-state index in [0.29, 0.717) is 18.8 Å². The van der Waals surface area contributed by atoms with Gasteiger partial charge in [0, 0.05) is 30.9 Å². The van der Waals surface area contributed by atoms with Crippen molar-refractivity contribution in [3.63, 3.8) is 0 Å². The number of aliphatic hydroxyl groups excluding tert-OH is 1. The van der Waals surface area contributed by atoms with Crippen molar-refractivity contribution >= 4 is 20.1 Å². The maximum atomic E-state index is 13.3. The van der Waals surface area contributed by atoms with Crippen molar-refractivity contribution in [3.8, 4) is 5.75 Å². The van der Waals surface area contributed by atoms with Gasteiger partial charge in [-0.15, -0.1) is 0 Å². The van der Waals surface area contributed by atoms with Gasteiger partial charge in [0.15, 0.2) is 20.4 Å². The van der Waals surface area contributed by atoms with Gasteiger partial charge >= 0.3 is 5.97 Å². The molecule has 0 aliphatic carbocycles. The van der Waals surface area contributed by atoms with Crippen LogP contribution in [0.25, 0.3) is 0 Å². The maximum absolute atomic E-state index is 13.3. The molecule has 2 aromatic rings. The van der Waals surface area contributed by atoms with Gasteiger partial charge in [0.25, 0.3) is 0 Å². The van der Waals surface area contributed by atoms with Crippen LogP contribution < -0.4 is 4.74 Å². The van der Waals surface area contributed by atoms with Gasteiger partial charge in [-0.1, -0.05) is 63.2 Å². The third kappa shape index (κ3) is 13.2. The normalized spacial score (nSPS) is 19.6. The fourth-order valence-electron chi connectivity index (χ4n) is 5.67. The summed E-state index contributed by atoms with van der Waals surface area (Å²) in [6.07, 6.45) is -0.378. The van der Waals surface area contributed by atoms with Crippen molar-refractivity contribution in [2.45, 2.75) is 122 Å². The second-order valence-corrected chi connectivity index (χ2v) is 17.9. The van der Waals surface area contributed by atoms with Crippen LogP contribution in [-0.2, 0) is 39.6 Å². The zero-order valence-electron chi connectivity index (χ0n) is 29.2. The highest BCUT2D eigenvalue weighted by molar-refractivity contribution is 6.73. The van der Waals surface area contributed by atoms with Crippen LogP contribution in [0.4, 0.5) is 0 Å². The lowest BCUT2D eigenvalue weighted by Crippen LogP contribution is -2.42. The predicted octanol–water partition coefficient (Wildman–Crippen LogP) is 8.00. The molecular formula is C37H54O9Si. The summed E-state index contributed by atoms with van der Waals surface area (Å²) in [5.74, 6) is -0.0284. The topological polar surface area (TPSA) is 110 Å². The number of hydrogen-bond donors (Lipinski definition) is 1. The Labute approximate surface area is 281 Å². The number of allylic oxidation sites excluding steroid dienone is 1. The number of methoxy groups -OCH3 is 1. The van der Waals surface area contributed by atoms with Gasteiger partial charge in [-0.25, -0.2) is 0 Å². The molecule has 0 saturated carbocycles. The van der Waals surface area contributed by atoms with E-state index in [4.69, 9.17) is 28.1 Å². The molecule has 10 heteroatoms. The van der Waals surface area contributed by atoms with Gasteiger partial charge in [-0.2, -0.15) is 0 Å². The standard InChI is InChI=1S/C37H54O9Si/c1-8-47(9-2,10-3)46-34(26-42-25-27-14-12-11-13-15-27)22-30(39)20-29(38)21-32-23-33(24-35(40)45-37(4,5)6)44-36(43-32)28-16-18-31(41-7)19-17-28/h11-20,32-34,36,38H,8-10,21-26H2,1-7H3/b29-20-/t32-,33-,34-,36-/m1/s1. The van der Waals surface area contributed by atoms with Gasteiger partial charge in [-0.3, -0.25) is 9.59 Å². The Balaban J connectivity index is 1.70. The van der Waals surface area contributed by atoms with E-state index in [9.17, 15) is 14.7 Å². The summed E-state index contributed by atoms with van der Waals surface area (Å²) in [4.78, 5) is 25.9. The Morgan fingerprint density at radius 3 is 2.15 bits per heavy atom. The van der Waals surface area contributed by atoms with Gasteiger partial charge in [0.05, 0.1) is 50.8 Å². The van der Waals surface area contributed by atoms with Crippen molar-refractivity contribution in [1.82, 2.24) is 0 Å². The van der Waals surface area contributed by atoms with Crippen LogP contribution in [0.1, 0.15) is 84.6 Å². The van der Waals surface area contributed by atoms with Crippen LogP contribution in [0.2, 0.25) is 18.1 Å². The molecular weight excluding hydrogens is 616 g/mol. The molecule has 2 aromatic carbocycles. The van der Waals surface area contributed by atoms with E-state index in [2.05, 4.69) is 20.8 Å². The average Bonchev–Trinajstić information content (AvgIpc) is 3.03. The largest absolute Gasteiger partial charge is 0.512 e. The monoisotopic (exact) mass is 670 g/mol. The average molecular weight is 671 g/mol. The number of rotatable bonds is 18. The summed E-state index contributed by atoms with van der Waals surface area (Å²) < 4.78 is 35.9. The minimum absolute atomic E-state index is 0.0348. The molecule has 47 heavy (non-hydrogen) atoms. The molecule has 1 N–H and O–H groups in total. The smallest absolute Gasteiger partial charge is 0.308 e. The third-order valence-electron chi connectivity index (χ3n) is 8.32. The van der Waals surface area contributed by atoms with E-state index < -0.39 is 38.5 Å². The lowest BCUT2D eigenvalue weighted by atomic mass is 10.0. The fraction of sp³-hybridized carbons (Fsp3) is 0.568. The molecule has 0 aromatic heterocycles. The Morgan fingerprint density at radius 2 is 1.57 bits per heavy atom. The molecule has 1 heterocycles. The Morgan fingerprint density at radius 1 is 0.957 bits per heavy atom. The number of ether oxygens (including phenoxy) is 5. The van der Waals surface area contributed by atoms with E-state index in [1.807, 2.05) is 63.2 Å². The molecule has 0 bridgehead atoms. The first-order valence-electron chi connectivity index (χ1n) is 16.8. The lowest BCUT2D eigenvalue weighted by molar-refractivity contribution is -0.250. The summed E-state index contributed by atoms with van der Waals surface area (Å²) in [6, 6.07) is 20.0. The van der Waals surface area contributed by atoms with Crippen LogP contribution in [0, 0.1) is 0 Å². The molecule has 0 unspecified atom stereocenters. The third-order valence-corrected chi connectivity index (χ3v) is 13.0. The number of aliphatic hydroxyl groups is 1. The van der Waals surface area contributed by atoms with Gasteiger partial charge < -0.3 is 33.2 Å². The summed E-state index contributed by atoms with van der Waals surface area (Å²) in [5, 5.41) is 11.0. The van der Waals surface area contributed by atoms with Crippen LogP contribution >= 0.6 is 0 Å². The number of ketones is 1. The fourth-order valence-corrected chi connectivity index (χ4v) is 8.53. The van der Waals surface area contributed by atoms with Crippen molar-refractivity contribution < 1.29 is 42.8 Å². The van der Waals surface area contributed by atoms with Crippen LogP contribution in [0.3, 0.4) is 0 Å². The van der Waals surface area contributed by atoms with Crippen molar-refractivity contribution in [2.24, 2.45) is 0 Å². The number of carbonyl (C=O) groups excluding carboxylic acids is 2. The Hall–Kier alpha value is -3.02. The van der Waals surface area contributed by atoms with E-state index >= 15 is 0 Å². The first-order valence-corrected chi connectivity index (χ1v) is 19.3. The molecule has 0 amide bonds. The molecule has 1 aliphatic rings. The van der Waals surface area contributed by atoms with E-state index in [1.54, 1.807) is 19.2 Å². The van der Waals surface area contributed by atoms with Crippen LogP contribution in [0.5, 0.6) is 5.75 Å². The molecule has 3 rings (SSSR count). The molecule has 1 aliphatic heterocycles. The summed E-state index contributed by atoms with van der Waals surface area (Å²) in [6.45, 7) is 12.6. The minimum atomic E-state index is -2.03. The van der Waals surface area contributed by atoms with Gasteiger partial charge in [0.1, 0.15) is 11.4 Å². The zero-order chi connectivity index (χ0) is 34.5. The number of esters is 1. The van der Waals surface area contributed by atoms with Gasteiger partial charge in [0.2, 0.25) is 0 Å². The maximum Gasteiger partial charge on any atom is 0.308 e. The lowest BCUT2D eigenvalue weighted by Gasteiger charge is -2.36. The summed E-state index contributed by atoms with van der Waals surface area (Å²) in [5.41, 5.74) is 1.17. The Kier molecular flexibility index (Phi) is 15.1. The second kappa shape index (κ2) is 18.5. The SMILES string of the molecule is CC[Si](CC)(CC)O[C@@H](COCc1ccccc1)CC(=O)/C=C(\O)C[C@@H]1C[C@H](CC(=O)OC(C)(C)C)O[C@H](c2ccc(OC)cc2)O1. The quantitative estimate of drug-likeness (QED) is 0.0730. The van der Waals surface area contributed by atoms with E-state index in [-0.39, 0.29) is 43.4 Å². The van der Waals surface area contributed by atoms with Crippen LogP contribution in [0.15, 0.2) is 66.4 Å². The molecule has 9 nitrogen and oxygen atoms in total. The zero-order valence-corrected chi connectivity index (χ0v) is 30.2. The molecule has 0 radical (unpaired) electrons. The highest BCUT2D eigenvalue weighted by Gasteiger charge is 2.35. The predicted molar refractivity (Wildman–Crippen MR) is 184 cm³/mol. The molecule has 1 fully saturated rings. The number of carbonyl (C=O) groups is 2. The van der Waals surface area contributed by atoms with Gasteiger partial charge in [-0.05, 0) is 56.6 Å². The Bertz CT molecular complexity index is 1260. The number of benzene rings is 2. The molecule has 260 valence electrons.